The lowest BCUT2D eigenvalue weighted by molar-refractivity contribution is 0.111. The highest BCUT2D eigenvalue weighted by Crippen LogP contribution is 2.39. The molecule has 0 aliphatic carbocycles. The third kappa shape index (κ3) is 13.2. The van der Waals surface area contributed by atoms with Gasteiger partial charge in [0.1, 0.15) is 32.6 Å². The van der Waals surface area contributed by atoms with E-state index in [-0.39, 0.29) is 36.6 Å². The minimum Gasteiger partial charge on any atom is -0.493 e. The van der Waals surface area contributed by atoms with Crippen LogP contribution in [0.25, 0.3) is 43.6 Å². The fraction of sp³-hybridized carbons (Fsp3) is 0.385. The standard InChI is InChI=1S/C26H29F2N5O3.C20H17BrFN3O3.C6H13FN2/c1-17-13-18-20(31-17)3-4-22(25(18)28)36-26-19-14-23(34-2)24(15-21(19)29-16-30-26)35-12-11-33-9-7-32(6-5-27)8-10-33;1-11-7-12-14(25-11)3-4-16(19(12)22)28-20-13-8-17(26-2)18(27-6-5-21)9-15(13)23-10-24-20;7-1-4-9-5-2-8-3-6-9/h3-4,13-16,31H,5-12H2,1-2H3;3-4,7-10,25H,5-6H2,1-2H3;8H,1-6H2. The van der Waals surface area contributed by atoms with Crippen LogP contribution in [-0.2, 0) is 0 Å². The summed E-state index contributed by atoms with van der Waals surface area (Å²) >= 11 is 3.33. The first-order chi connectivity index (χ1) is 35.6. The average molecular weight is 1080 g/mol. The van der Waals surface area contributed by atoms with E-state index < -0.39 is 11.6 Å². The molecule has 0 radical (unpaired) electrons. The molecule has 2 saturated heterocycles. The zero-order chi connectivity index (χ0) is 51.3. The summed E-state index contributed by atoms with van der Waals surface area (Å²) in [6.07, 6.45) is 2.75. The summed E-state index contributed by atoms with van der Waals surface area (Å²) in [7, 11) is 3.11. The predicted octanol–water partition coefficient (Wildman–Crippen LogP) is 9.32. The number of piperazine rings is 2. The van der Waals surface area contributed by atoms with Gasteiger partial charge in [0, 0.05) is 123 Å². The van der Waals surface area contributed by atoms with Gasteiger partial charge in [0.15, 0.2) is 46.1 Å². The highest BCUT2D eigenvalue weighted by Gasteiger charge is 2.20. The average Bonchev–Trinajstić information content (AvgIpc) is 4.00. The molecular formula is C52H59BrF4N10O6. The Hall–Kier alpha value is -6.52. The van der Waals surface area contributed by atoms with Crippen LogP contribution < -0.4 is 33.7 Å². The molecule has 0 unspecified atom stereocenters. The number of hydrogen-bond donors (Lipinski definition) is 3. The fourth-order valence-corrected chi connectivity index (χ4v) is 8.74. The van der Waals surface area contributed by atoms with E-state index in [1.54, 1.807) is 74.9 Å². The van der Waals surface area contributed by atoms with E-state index in [0.717, 1.165) is 70.3 Å². The van der Waals surface area contributed by atoms with Crippen molar-refractivity contribution in [3.63, 3.8) is 0 Å². The molecule has 10 rings (SSSR count). The molecule has 2 aliphatic heterocycles. The van der Waals surface area contributed by atoms with Crippen molar-refractivity contribution in [1.82, 2.24) is 49.9 Å². The number of nitrogens with one attached hydrogen (secondary N) is 3. The van der Waals surface area contributed by atoms with Crippen LogP contribution in [0.15, 0.2) is 73.3 Å². The molecule has 0 bridgehead atoms. The van der Waals surface area contributed by atoms with Crippen LogP contribution in [-0.4, -0.2) is 163 Å². The van der Waals surface area contributed by atoms with Gasteiger partial charge in [0.25, 0.3) is 0 Å². The summed E-state index contributed by atoms with van der Waals surface area (Å²) in [5, 5.41) is 6.00. The fourth-order valence-electron chi connectivity index (χ4n) is 8.57. The first-order valence-electron chi connectivity index (χ1n) is 24.0. The molecule has 4 aromatic heterocycles. The smallest absolute Gasteiger partial charge is 0.230 e. The van der Waals surface area contributed by atoms with Crippen LogP contribution in [0.1, 0.15) is 11.4 Å². The Balaban J connectivity index is 0.000000170. The van der Waals surface area contributed by atoms with Crippen molar-refractivity contribution >= 4 is 59.5 Å². The molecule has 2 aliphatic rings. The van der Waals surface area contributed by atoms with Crippen LogP contribution in [0.2, 0.25) is 0 Å². The van der Waals surface area contributed by atoms with E-state index in [0.29, 0.717) is 98.2 Å². The lowest BCUT2D eigenvalue weighted by atomic mass is 10.2. The second-order valence-electron chi connectivity index (χ2n) is 17.2. The van der Waals surface area contributed by atoms with Gasteiger partial charge in [0.05, 0.1) is 42.6 Å². The number of aromatic amines is 2. The first kappa shape index (κ1) is 52.8. The largest absolute Gasteiger partial charge is 0.493 e. The Bertz CT molecular complexity index is 3090. The molecule has 0 saturated carbocycles. The summed E-state index contributed by atoms with van der Waals surface area (Å²) in [5.74, 6) is 1.87. The van der Waals surface area contributed by atoms with Gasteiger partial charge < -0.3 is 43.7 Å². The molecule has 3 N–H and O–H groups in total. The number of fused-ring (bicyclic) bond motifs is 4. The van der Waals surface area contributed by atoms with Crippen molar-refractivity contribution in [1.29, 1.82) is 0 Å². The third-order valence-corrected chi connectivity index (χ3v) is 12.7. The Morgan fingerprint density at radius 2 is 0.986 bits per heavy atom. The molecule has 6 heterocycles. The number of halogens is 5. The van der Waals surface area contributed by atoms with E-state index in [2.05, 4.69) is 65.9 Å². The lowest BCUT2D eigenvalue weighted by Crippen LogP contribution is -2.47. The number of methoxy groups -OCH3 is 2. The van der Waals surface area contributed by atoms with Crippen molar-refractivity contribution in [2.45, 2.75) is 13.8 Å². The van der Waals surface area contributed by atoms with Gasteiger partial charge in [-0.05, 0) is 62.4 Å². The quantitative estimate of drug-likeness (QED) is 0.0585. The molecule has 4 aromatic carbocycles. The number of H-pyrrole nitrogens is 2. The zero-order valence-corrected chi connectivity index (χ0v) is 42.8. The van der Waals surface area contributed by atoms with Gasteiger partial charge in [-0.15, -0.1) is 0 Å². The van der Waals surface area contributed by atoms with Gasteiger partial charge in [0.2, 0.25) is 11.8 Å². The Morgan fingerprint density at radius 3 is 1.44 bits per heavy atom. The Morgan fingerprint density at radius 1 is 0.534 bits per heavy atom. The zero-order valence-electron chi connectivity index (χ0n) is 41.2. The Labute approximate surface area is 428 Å². The molecule has 0 spiro atoms. The van der Waals surface area contributed by atoms with Crippen LogP contribution in [0, 0.1) is 25.5 Å². The van der Waals surface area contributed by atoms with Gasteiger partial charge in [-0.3, -0.25) is 14.7 Å². The van der Waals surface area contributed by atoms with Crippen LogP contribution in [0.4, 0.5) is 17.6 Å². The highest BCUT2D eigenvalue weighted by atomic mass is 79.9. The monoisotopic (exact) mass is 1070 g/mol. The maximum absolute atomic E-state index is 15.1. The molecule has 2 fully saturated rings. The van der Waals surface area contributed by atoms with E-state index in [4.69, 9.17) is 28.4 Å². The number of aromatic nitrogens is 6. The van der Waals surface area contributed by atoms with Gasteiger partial charge in [-0.1, -0.05) is 15.9 Å². The number of ether oxygens (including phenoxy) is 6. The van der Waals surface area contributed by atoms with Crippen molar-refractivity contribution in [3.05, 3.63) is 96.3 Å². The molecule has 21 heteroatoms. The highest BCUT2D eigenvalue weighted by molar-refractivity contribution is 9.09. The number of nitrogens with zero attached hydrogens (tertiary/aromatic N) is 7. The molecular weight excluding hydrogens is 1020 g/mol. The summed E-state index contributed by atoms with van der Waals surface area (Å²) in [6.45, 7) is 13.6. The third-order valence-electron chi connectivity index (χ3n) is 12.3. The van der Waals surface area contributed by atoms with Crippen molar-refractivity contribution in [2.24, 2.45) is 0 Å². The maximum Gasteiger partial charge on any atom is 0.230 e. The molecule has 0 atom stereocenters. The van der Waals surface area contributed by atoms with Gasteiger partial charge in [-0.2, -0.15) is 0 Å². The minimum absolute atomic E-state index is 0.0763. The van der Waals surface area contributed by atoms with E-state index in [1.165, 1.54) is 12.7 Å². The van der Waals surface area contributed by atoms with Gasteiger partial charge >= 0.3 is 0 Å². The number of benzene rings is 4. The van der Waals surface area contributed by atoms with Crippen LogP contribution in [0.3, 0.4) is 0 Å². The molecule has 0 amide bonds. The molecule has 8 aromatic rings. The number of aryl methyl sites for hydroxylation is 2. The van der Waals surface area contributed by atoms with Crippen molar-refractivity contribution in [3.8, 4) is 46.3 Å². The summed E-state index contributed by atoms with van der Waals surface area (Å²) in [4.78, 5) is 29.8. The van der Waals surface area contributed by atoms with Gasteiger partial charge in [-0.25, -0.2) is 37.5 Å². The van der Waals surface area contributed by atoms with E-state index in [9.17, 15) is 13.2 Å². The summed E-state index contributed by atoms with van der Waals surface area (Å²) in [6, 6.07) is 17.2. The van der Waals surface area contributed by atoms with Crippen molar-refractivity contribution in [2.75, 3.05) is 118 Å². The molecule has 73 heavy (non-hydrogen) atoms. The lowest BCUT2D eigenvalue weighted by Gasteiger charge is -2.34. The number of alkyl halides is 3. The topological polar surface area (TPSA) is 160 Å². The van der Waals surface area contributed by atoms with Crippen molar-refractivity contribution < 1.29 is 46.0 Å². The second kappa shape index (κ2) is 25.4. The number of hydrogen-bond acceptors (Lipinski definition) is 14. The maximum atomic E-state index is 15.1. The number of rotatable bonds is 17. The summed E-state index contributed by atoms with van der Waals surface area (Å²) < 4.78 is 88.6. The summed E-state index contributed by atoms with van der Waals surface area (Å²) in [5.41, 5.74) is 4.35. The van der Waals surface area contributed by atoms with Crippen LogP contribution in [0.5, 0.6) is 46.3 Å². The minimum atomic E-state index is -0.457. The van der Waals surface area contributed by atoms with E-state index >= 15 is 4.39 Å². The molecule has 16 nitrogen and oxygen atoms in total. The predicted molar refractivity (Wildman–Crippen MR) is 277 cm³/mol. The normalized spacial score (nSPS) is 14.4. The van der Waals surface area contributed by atoms with E-state index in [1.807, 2.05) is 13.8 Å². The Kier molecular flexibility index (Phi) is 18.4. The van der Waals surface area contributed by atoms with Crippen LogP contribution >= 0.6 is 15.9 Å². The first-order valence-corrected chi connectivity index (χ1v) is 25.1. The second-order valence-corrected chi connectivity index (χ2v) is 18.0. The molecule has 388 valence electrons. The SMILES string of the molecule is COc1cc2c(Oc3ccc4[nH]c(C)cc4c3F)ncnc2cc1OCCBr.COc1cc2c(Oc3ccc4[nH]c(C)cc4c3F)ncnc2cc1OCCN1CCN(CCF)CC1.FCCN1CCNCC1.